The monoisotopic (exact) mass is 414 g/mol. The first-order valence-electron chi connectivity index (χ1n) is 10.3. The molecule has 1 aliphatic heterocycles. The van der Waals surface area contributed by atoms with Crippen LogP contribution in [0.25, 0.3) is 0 Å². The number of hydrogen-bond acceptors (Lipinski definition) is 2. The molecule has 5 rings (SSSR count). The van der Waals surface area contributed by atoms with Crippen LogP contribution in [0.1, 0.15) is 39.9 Å². The molecule has 0 radical (unpaired) electrons. The Balaban J connectivity index is 1.48. The van der Waals surface area contributed by atoms with Gasteiger partial charge < -0.3 is 10.2 Å². The number of carbonyl (C=O) groups is 1. The number of nitrogens with zero attached hydrogens (tertiary/aromatic N) is 1. The summed E-state index contributed by atoms with van der Waals surface area (Å²) in [6, 6.07) is 24.1. The molecule has 0 saturated carbocycles. The third kappa shape index (κ3) is 3.29. The number of amides is 1. The number of benzene rings is 3. The van der Waals surface area contributed by atoms with Crippen LogP contribution < -0.4 is 10.2 Å². The maximum Gasteiger partial charge on any atom is 0.258 e. The first-order valence-corrected chi connectivity index (χ1v) is 10.7. The van der Waals surface area contributed by atoms with E-state index in [0.717, 1.165) is 22.8 Å². The molecule has 2 aliphatic rings. The van der Waals surface area contributed by atoms with Gasteiger partial charge in [0.15, 0.2) is 0 Å². The molecule has 3 unspecified atom stereocenters. The lowest BCUT2D eigenvalue weighted by Gasteiger charge is -2.38. The zero-order chi connectivity index (χ0) is 20.7. The zero-order valence-corrected chi connectivity index (χ0v) is 17.5. The molecule has 0 saturated heterocycles. The third-order valence-corrected chi connectivity index (χ3v) is 6.50. The molecule has 0 fully saturated rings. The van der Waals surface area contributed by atoms with Gasteiger partial charge in [0.05, 0.1) is 6.04 Å². The minimum atomic E-state index is -0.000471. The Morgan fingerprint density at radius 1 is 1.03 bits per heavy atom. The summed E-state index contributed by atoms with van der Waals surface area (Å²) in [6.07, 6.45) is 5.56. The molecule has 1 N–H and O–H groups in total. The maximum atomic E-state index is 13.1. The van der Waals surface area contributed by atoms with Gasteiger partial charge in [-0.1, -0.05) is 54.1 Å². The Bertz CT molecular complexity index is 1120. The molecule has 4 heteroatoms. The second-order valence-electron chi connectivity index (χ2n) is 8.03. The second-order valence-corrected chi connectivity index (χ2v) is 8.47. The van der Waals surface area contributed by atoms with E-state index in [9.17, 15) is 4.79 Å². The van der Waals surface area contributed by atoms with E-state index in [4.69, 9.17) is 11.6 Å². The maximum absolute atomic E-state index is 13.1. The van der Waals surface area contributed by atoms with Crippen LogP contribution >= 0.6 is 11.6 Å². The van der Waals surface area contributed by atoms with Crippen LogP contribution in [0.5, 0.6) is 0 Å². The molecule has 30 heavy (non-hydrogen) atoms. The molecule has 3 aromatic carbocycles. The number of para-hydroxylation sites is 1. The fraction of sp³-hybridized carbons (Fsp3) is 0.192. The number of rotatable bonds is 3. The summed E-state index contributed by atoms with van der Waals surface area (Å²) in [4.78, 5) is 14.8. The lowest BCUT2D eigenvalue weighted by atomic mass is 9.76. The molecule has 1 aliphatic carbocycles. The lowest BCUT2D eigenvalue weighted by Crippen LogP contribution is -2.30. The van der Waals surface area contributed by atoms with Crippen molar-refractivity contribution in [1.29, 1.82) is 0 Å². The highest BCUT2D eigenvalue weighted by atomic mass is 35.5. The summed E-state index contributed by atoms with van der Waals surface area (Å²) >= 11 is 6.26. The molecule has 1 amide bonds. The Morgan fingerprint density at radius 3 is 2.67 bits per heavy atom. The van der Waals surface area contributed by atoms with Gasteiger partial charge in [-0.2, -0.15) is 0 Å². The number of fused-ring (bicyclic) bond motifs is 3. The van der Waals surface area contributed by atoms with Gasteiger partial charge in [-0.3, -0.25) is 4.79 Å². The highest BCUT2D eigenvalue weighted by Gasteiger charge is 2.38. The molecule has 3 aromatic rings. The number of nitrogens with one attached hydrogen (secondary N) is 1. The van der Waals surface area contributed by atoms with E-state index >= 15 is 0 Å². The highest BCUT2D eigenvalue weighted by Crippen LogP contribution is 2.50. The van der Waals surface area contributed by atoms with Crippen molar-refractivity contribution in [3.05, 3.63) is 107 Å². The quantitative estimate of drug-likeness (QED) is 0.500. The minimum absolute atomic E-state index is 0.000471. The summed E-state index contributed by atoms with van der Waals surface area (Å²) in [7, 11) is 1.82. The van der Waals surface area contributed by atoms with Gasteiger partial charge in [0.2, 0.25) is 0 Å². The number of halogens is 1. The van der Waals surface area contributed by atoms with Crippen molar-refractivity contribution in [2.24, 2.45) is 5.92 Å². The van der Waals surface area contributed by atoms with Crippen molar-refractivity contribution in [3.63, 3.8) is 0 Å². The summed E-state index contributed by atoms with van der Waals surface area (Å²) in [5.74, 6) is 0.702. The fourth-order valence-electron chi connectivity index (χ4n) is 4.72. The fourth-order valence-corrected chi connectivity index (χ4v) is 4.92. The van der Waals surface area contributed by atoms with E-state index < -0.39 is 0 Å². The van der Waals surface area contributed by atoms with Crippen LogP contribution in [0.3, 0.4) is 0 Å². The van der Waals surface area contributed by atoms with E-state index in [0.29, 0.717) is 17.4 Å². The predicted molar refractivity (Wildman–Crippen MR) is 123 cm³/mol. The topological polar surface area (TPSA) is 32.3 Å². The number of hydrogen-bond donors (Lipinski definition) is 1. The van der Waals surface area contributed by atoms with Crippen LogP contribution in [0.2, 0.25) is 5.02 Å². The standard InChI is InChI=1S/C26H23ClN2O/c1-29(20-9-3-2-4-10-20)26(30)18-13-14-24-23(16-18)21-11-6-12-22(21)25(28-24)17-7-5-8-19(27)15-17/h2-11,13-16,21-22,25,28H,12H2,1H3. The van der Waals surface area contributed by atoms with Gasteiger partial charge in [0.25, 0.3) is 5.91 Å². The zero-order valence-electron chi connectivity index (χ0n) is 16.8. The van der Waals surface area contributed by atoms with Gasteiger partial charge in [0.1, 0.15) is 0 Å². The number of carbonyl (C=O) groups excluding carboxylic acids is 1. The number of allylic oxidation sites excluding steroid dienone is 2. The first-order chi connectivity index (χ1) is 14.6. The van der Waals surface area contributed by atoms with Crippen molar-refractivity contribution in [2.45, 2.75) is 18.4 Å². The van der Waals surface area contributed by atoms with Crippen LogP contribution in [0, 0.1) is 5.92 Å². The van der Waals surface area contributed by atoms with Crippen LogP contribution in [0.15, 0.2) is 84.9 Å². The summed E-state index contributed by atoms with van der Waals surface area (Å²) in [6.45, 7) is 0. The predicted octanol–water partition coefficient (Wildman–Crippen LogP) is 6.44. The smallest absolute Gasteiger partial charge is 0.258 e. The van der Waals surface area contributed by atoms with Gasteiger partial charge in [-0.05, 0) is 65.9 Å². The Morgan fingerprint density at radius 2 is 1.87 bits per heavy atom. The molecular weight excluding hydrogens is 392 g/mol. The Kier molecular flexibility index (Phi) is 4.84. The van der Waals surface area contributed by atoms with E-state index in [2.05, 4.69) is 29.6 Å². The van der Waals surface area contributed by atoms with Crippen molar-refractivity contribution >= 4 is 28.9 Å². The molecule has 0 aromatic heterocycles. The van der Waals surface area contributed by atoms with Crippen LogP contribution in [-0.2, 0) is 0 Å². The summed E-state index contributed by atoms with van der Waals surface area (Å²) in [5, 5.41) is 4.47. The average molecular weight is 415 g/mol. The summed E-state index contributed by atoms with van der Waals surface area (Å²) in [5.41, 5.74) is 5.09. The normalized spacial score (nSPS) is 21.5. The van der Waals surface area contributed by atoms with Gasteiger partial charge in [-0.25, -0.2) is 0 Å². The number of anilines is 2. The Labute approximate surface area is 182 Å². The Hall–Kier alpha value is -3.04. The summed E-state index contributed by atoms with van der Waals surface area (Å²) < 4.78 is 0. The van der Waals surface area contributed by atoms with E-state index in [1.54, 1.807) is 4.90 Å². The third-order valence-electron chi connectivity index (χ3n) is 6.27. The molecule has 3 nitrogen and oxygen atoms in total. The molecule has 3 atom stereocenters. The van der Waals surface area contributed by atoms with Gasteiger partial charge >= 0.3 is 0 Å². The van der Waals surface area contributed by atoms with Gasteiger partial charge in [-0.15, -0.1) is 0 Å². The van der Waals surface area contributed by atoms with Crippen molar-refractivity contribution in [2.75, 3.05) is 17.3 Å². The van der Waals surface area contributed by atoms with Crippen molar-refractivity contribution in [1.82, 2.24) is 0 Å². The van der Waals surface area contributed by atoms with E-state index in [-0.39, 0.29) is 11.9 Å². The van der Waals surface area contributed by atoms with Crippen LogP contribution in [-0.4, -0.2) is 13.0 Å². The molecule has 1 heterocycles. The highest BCUT2D eigenvalue weighted by molar-refractivity contribution is 6.30. The van der Waals surface area contributed by atoms with Crippen LogP contribution in [0.4, 0.5) is 11.4 Å². The molecule has 0 spiro atoms. The van der Waals surface area contributed by atoms with E-state index in [1.165, 1.54) is 11.1 Å². The van der Waals surface area contributed by atoms with Crippen molar-refractivity contribution in [3.8, 4) is 0 Å². The van der Waals surface area contributed by atoms with Gasteiger partial charge in [0, 0.05) is 34.9 Å². The van der Waals surface area contributed by atoms with Crippen molar-refractivity contribution < 1.29 is 4.79 Å². The minimum Gasteiger partial charge on any atom is -0.378 e. The molecule has 150 valence electrons. The first kappa shape index (κ1) is 19.0. The molecule has 0 bridgehead atoms. The largest absolute Gasteiger partial charge is 0.378 e. The van der Waals surface area contributed by atoms with E-state index in [1.807, 2.05) is 67.7 Å². The lowest BCUT2D eigenvalue weighted by molar-refractivity contribution is 0.0993. The SMILES string of the molecule is CN(C(=O)c1ccc2c(c1)C1C=CCC1C(c1cccc(Cl)c1)N2)c1ccccc1. The molecular formula is C26H23ClN2O. The average Bonchev–Trinajstić information content (AvgIpc) is 3.28. The second kappa shape index (κ2) is 7.66.